The van der Waals surface area contributed by atoms with Gasteiger partial charge in [-0.15, -0.1) is 0 Å². The summed E-state index contributed by atoms with van der Waals surface area (Å²) in [4.78, 5) is 39.0. The summed E-state index contributed by atoms with van der Waals surface area (Å²) >= 11 is 0. The minimum atomic E-state index is -1.42. The highest BCUT2D eigenvalue weighted by Crippen LogP contribution is 2.38. The van der Waals surface area contributed by atoms with E-state index in [2.05, 4.69) is 0 Å². The smallest absolute Gasteiger partial charge is 0.308 e. The number of cyclic esters (lactones) is 1. The molecule has 54 heavy (non-hydrogen) atoms. The molecule has 0 spiro atoms. The summed E-state index contributed by atoms with van der Waals surface area (Å²) in [6.07, 6.45) is -2.84. The Morgan fingerprint density at radius 3 is 2.33 bits per heavy atom. The highest BCUT2D eigenvalue weighted by Gasteiger charge is 2.53. The maximum Gasteiger partial charge on any atom is 0.308 e. The monoisotopic (exact) mass is 771 g/mol. The fraction of sp³-hybridized carbons (Fsp3) is 0.821. The molecule has 1 unspecified atom stereocenters. The molecule has 3 rings (SSSR count). The number of allylic oxidation sites excluding steroid dienone is 2. The van der Waals surface area contributed by atoms with Gasteiger partial charge in [-0.2, -0.15) is 0 Å². The van der Waals surface area contributed by atoms with Gasteiger partial charge in [0.1, 0.15) is 36.3 Å². The van der Waals surface area contributed by atoms with Gasteiger partial charge in [-0.1, -0.05) is 38.2 Å². The van der Waals surface area contributed by atoms with Crippen LogP contribution in [0.1, 0.15) is 80.1 Å². The van der Waals surface area contributed by atoms with Crippen molar-refractivity contribution in [2.75, 3.05) is 28.3 Å². The van der Waals surface area contributed by atoms with Crippen molar-refractivity contribution in [1.82, 2.24) is 4.90 Å². The number of likely N-dealkylation sites (N-methyl/N-ethyl adjacent to an activating group) is 1. The number of esters is 2. The lowest BCUT2D eigenvalue weighted by Crippen LogP contribution is -2.66. The Kier molecular flexibility index (Phi) is 18.2. The first-order valence-corrected chi connectivity index (χ1v) is 19.1. The van der Waals surface area contributed by atoms with E-state index < -0.39 is 104 Å². The molecule has 16 atom stereocenters. The number of hydrogen-bond acceptors (Lipinski definition) is 15. The first-order valence-electron chi connectivity index (χ1n) is 19.1. The van der Waals surface area contributed by atoms with Crippen LogP contribution in [-0.4, -0.2) is 152 Å². The van der Waals surface area contributed by atoms with Gasteiger partial charge in [-0.05, 0) is 60.0 Å². The molecular formula is C39H65NO14. The third kappa shape index (κ3) is 12.1. The van der Waals surface area contributed by atoms with E-state index in [0.29, 0.717) is 6.42 Å². The Morgan fingerprint density at radius 2 is 1.72 bits per heavy atom. The number of methoxy groups -OCH3 is 2. The lowest BCUT2D eigenvalue weighted by atomic mass is 9.82. The zero-order valence-electron chi connectivity index (χ0n) is 33.6. The van der Waals surface area contributed by atoms with Crippen LogP contribution in [0.2, 0.25) is 0 Å². The SMILES string of the molecule is CCC(=O)O[C@H]1[C@H](C)O[C@@H](O[C@H]2[C@H](N(C)C)[C@@H](O)[C@H](O[C@H]3C(CC=O)C[C@@H](C)[C@@H](O)/C=C/C=C/C[C@@H](C)OC(=O)C[C@@H](O)[C@@H]3OC)O[C@@H]2C)C[C@@]1(C)OC. The van der Waals surface area contributed by atoms with E-state index in [0.717, 1.165) is 6.29 Å². The lowest BCUT2D eigenvalue weighted by Gasteiger charge is -2.51. The van der Waals surface area contributed by atoms with Gasteiger partial charge in [0.15, 0.2) is 18.7 Å². The summed E-state index contributed by atoms with van der Waals surface area (Å²) in [5.41, 5.74) is -0.931. The topological polar surface area (TPSA) is 189 Å². The highest BCUT2D eigenvalue weighted by molar-refractivity contribution is 5.70. The van der Waals surface area contributed by atoms with Crippen molar-refractivity contribution in [1.29, 1.82) is 0 Å². The second kappa shape index (κ2) is 21.3. The van der Waals surface area contributed by atoms with Crippen LogP contribution in [0.25, 0.3) is 0 Å². The number of ether oxygens (including phenoxy) is 8. The van der Waals surface area contributed by atoms with Crippen LogP contribution < -0.4 is 0 Å². The summed E-state index contributed by atoms with van der Waals surface area (Å²) in [7, 11) is 6.47. The molecule has 0 saturated carbocycles. The molecule has 310 valence electrons. The molecule has 3 N–H and O–H groups in total. The molecule has 2 saturated heterocycles. The minimum Gasteiger partial charge on any atom is -0.462 e. The van der Waals surface area contributed by atoms with Gasteiger partial charge in [0.25, 0.3) is 0 Å². The third-order valence-corrected chi connectivity index (χ3v) is 10.8. The summed E-state index contributed by atoms with van der Waals surface area (Å²) in [5.74, 6) is -2.02. The summed E-state index contributed by atoms with van der Waals surface area (Å²) < 4.78 is 48.5. The molecular weight excluding hydrogens is 706 g/mol. The van der Waals surface area contributed by atoms with Crippen molar-refractivity contribution in [3.8, 4) is 0 Å². The fourth-order valence-corrected chi connectivity index (χ4v) is 7.66. The molecule has 0 amide bonds. The number of carbonyl (C=O) groups excluding carboxylic acids is 3. The number of nitrogens with zero attached hydrogens (tertiary/aromatic N) is 1. The first kappa shape index (κ1) is 46.1. The third-order valence-electron chi connectivity index (χ3n) is 10.8. The highest BCUT2D eigenvalue weighted by atomic mass is 16.7. The zero-order chi connectivity index (χ0) is 40.3. The van der Waals surface area contributed by atoms with Crippen LogP contribution in [0, 0.1) is 11.8 Å². The Morgan fingerprint density at radius 1 is 1.02 bits per heavy atom. The predicted octanol–water partition coefficient (Wildman–Crippen LogP) is 2.46. The van der Waals surface area contributed by atoms with Gasteiger partial charge in [0, 0.05) is 39.9 Å². The van der Waals surface area contributed by atoms with Crippen molar-refractivity contribution >= 4 is 18.2 Å². The molecule has 2 fully saturated rings. The second-order valence-electron chi connectivity index (χ2n) is 15.3. The average Bonchev–Trinajstić information content (AvgIpc) is 3.10. The van der Waals surface area contributed by atoms with Crippen molar-refractivity contribution in [3.63, 3.8) is 0 Å². The van der Waals surface area contributed by atoms with E-state index in [1.807, 2.05) is 19.9 Å². The number of carbonyl (C=O) groups is 3. The Balaban J connectivity index is 1.93. The van der Waals surface area contributed by atoms with Gasteiger partial charge in [-0.25, -0.2) is 0 Å². The van der Waals surface area contributed by atoms with E-state index in [4.69, 9.17) is 37.9 Å². The predicted molar refractivity (Wildman–Crippen MR) is 196 cm³/mol. The lowest BCUT2D eigenvalue weighted by molar-refractivity contribution is -0.345. The van der Waals surface area contributed by atoms with Crippen molar-refractivity contribution in [2.24, 2.45) is 11.8 Å². The van der Waals surface area contributed by atoms with Crippen molar-refractivity contribution in [3.05, 3.63) is 24.3 Å². The minimum absolute atomic E-state index is 0.0371. The van der Waals surface area contributed by atoms with Gasteiger partial charge in [0.05, 0.1) is 43.0 Å². The Bertz CT molecular complexity index is 1250. The molecule has 0 aromatic carbocycles. The molecule has 0 aliphatic carbocycles. The van der Waals surface area contributed by atoms with Gasteiger partial charge >= 0.3 is 11.9 Å². The Hall–Kier alpha value is -2.31. The normalized spacial score (nSPS) is 42.9. The van der Waals surface area contributed by atoms with Crippen LogP contribution in [0.4, 0.5) is 0 Å². The molecule has 0 radical (unpaired) electrons. The number of rotatable bonds is 11. The van der Waals surface area contributed by atoms with Crippen LogP contribution >= 0.6 is 0 Å². The van der Waals surface area contributed by atoms with Gasteiger partial charge < -0.3 is 62.9 Å². The largest absolute Gasteiger partial charge is 0.462 e. The molecule has 0 aromatic rings. The van der Waals surface area contributed by atoms with Crippen LogP contribution in [0.15, 0.2) is 24.3 Å². The van der Waals surface area contributed by atoms with E-state index >= 15 is 0 Å². The number of aldehydes is 1. The molecule has 3 aliphatic rings. The van der Waals surface area contributed by atoms with Gasteiger partial charge in [-0.3, -0.25) is 9.59 Å². The van der Waals surface area contributed by atoms with E-state index in [1.54, 1.807) is 64.9 Å². The van der Waals surface area contributed by atoms with Crippen molar-refractivity contribution < 1.29 is 67.6 Å². The zero-order valence-corrected chi connectivity index (χ0v) is 33.6. The maximum absolute atomic E-state index is 12.9. The van der Waals surface area contributed by atoms with Gasteiger partial charge in [0.2, 0.25) is 0 Å². The molecule has 0 aromatic heterocycles. The summed E-state index contributed by atoms with van der Waals surface area (Å²) in [6.45, 7) is 10.7. The molecule has 15 nitrogen and oxygen atoms in total. The number of aliphatic hydroxyl groups is 3. The standard InChI is InChI=1S/C39H65NO14/c1-11-29(44)52-37-25(5)50-31(21-39(37,6)48-10)53-34-24(4)51-38(33(46)32(34)40(7)8)54-35-26(17-18-41)19-22(2)27(42)16-14-12-13-15-23(3)49-30(45)20-28(43)36(35)47-9/h12-14,16,18,22-28,31-38,42-43,46H,11,15,17,19-21H2,1-10H3/b13-12+,16-14+/t22-,23-,24-,25+,26?,27+,28-,31+,32-,33-,34-,35+,36+,37+,38+,39-/m1/s1. The van der Waals surface area contributed by atoms with E-state index in [-0.39, 0.29) is 37.6 Å². The van der Waals surface area contributed by atoms with Crippen LogP contribution in [-0.2, 0) is 52.3 Å². The molecule has 15 heteroatoms. The van der Waals surface area contributed by atoms with Crippen molar-refractivity contribution in [2.45, 2.75) is 165 Å². The molecule has 0 bridgehead atoms. The van der Waals surface area contributed by atoms with E-state index in [9.17, 15) is 29.7 Å². The average molecular weight is 772 g/mol. The van der Waals surface area contributed by atoms with Crippen LogP contribution in [0.5, 0.6) is 0 Å². The molecule has 3 heterocycles. The quantitative estimate of drug-likeness (QED) is 0.205. The first-order chi connectivity index (χ1) is 25.5. The number of aliphatic hydroxyl groups excluding tert-OH is 3. The summed E-state index contributed by atoms with van der Waals surface area (Å²) in [5, 5.41) is 34.4. The van der Waals surface area contributed by atoms with Crippen LogP contribution in [0.3, 0.4) is 0 Å². The van der Waals surface area contributed by atoms with E-state index in [1.165, 1.54) is 14.2 Å². The summed E-state index contributed by atoms with van der Waals surface area (Å²) in [6, 6.07) is -0.709. The molecule has 3 aliphatic heterocycles. The maximum atomic E-state index is 12.9. The number of hydrogen-bond donors (Lipinski definition) is 3. The second-order valence-corrected chi connectivity index (χ2v) is 15.3. The Labute approximate surface area is 320 Å². The fourth-order valence-electron chi connectivity index (χ4n) is 7.66.